The summed E-state index contributed by atoms with van der Waals surface area (Å²) in [6.45, 7) is 5.72. The number of aromatic nitrogens is 2. The maximum absolute atomic E-state index is 4.86. The van der Waals surface area contributed by atoms with Crippen molar-refractivity contribution in [2.75, 3.05) is 11.4 Å². The number of fused-ring (bicyclic) bond motifs is 1. The van der Waals surface area contributed by atoms with Gasteiger partial charge in [0.15, 0.2) is 10.8 Å². The van der Waals surface area contributed by atoms with Crippen LogP contribution in [0.25, 0.3) is 4.96 Å². The summed E-state index contributed by atoms with van der Waals surface area (Å²) in [5.74, 6) is 1.95. The highest BCUT2D eigenvalue weighted by Crippen LogP contribution is 2.35. The molecule has 2 aromatic rings. The Hall–Kier alpha value is -0.550. The van der Waals surface area contributed by atoms with Gasteiger partial charge in [-0.25, -0.2) is 4.98 Å². The molecule has 3 rings (SSSR count). The van der Waals surface area contributed by atoms with Crippen molar-refractivity contribution in [2.24, 2.45) is 5.92 Å². The van der Waals surface area contributed by atoms with Gasteiger partial charge in [-0.3, -0.25) is 4.40 Å². The molecule has 0 amide bonds. The molecule has 1 aliphatic carbocycles. The molecule has 2 heterocycles. The number of rotatable bonds is 6. The molecule has 0 atom stereocenters. The maximum atomic E-state index is 4.86. The van der Waals surface area contributed by atoms with E-state index in [2.05, 4.69) is 50.7 Å². The standard InChI is InChI=1S/C14H20BrN3S/c1-10(2)5-6-17(11-3-4-11)13-12(9-15)18-7-8-19-14(18)16-13/h7-8,10-11H,3-6,9H2,1-2H3. The Morgan fingerprint density at radius 3 is 2.95 bits per heavy atom. The number of alkyl halides is 1. The summed E-state index contributed by atoms with van der Waals surface area (Å²) in [6, 6.07) is 0.723. The van der Waals surface area contributed by atoms with Gasteiger partial charge in [0, 0.05) is 29.5 Å². The largest absolute Gasteiger partial charge is 0.352 e. The Bertz CT molecular complexity index is 556. The van der Waals surface area contributed by atoms with E-state index in [1.165, 1.54) is 30.8 Å². The Kier molecular flexibility index (Phi) is 3.85. The lowest BCUT2D eigenvalue weighted by Gasteiger charge is -2.24. The van der Waals surface area contributed by atoms with E-state index in [1.54, 1.807) is 11.3 Å². The van der Waals surface area contributed by atoms with Crippen LogP contribution in [0.5, 0.6) is 0 Å². The van der Waals surface area contributed by atoms with Crippen LogP contribution in [0.4, 0.5) is 5.82 Å². The predicted octanol–water partition coefficient (Wildman–Crippen LogP) is 4.31. The van der Waals surface area contributed by atoms with E-state index < -0.39 is 0 Å². The zero-order chi connectivity index (χ0) is 13.4. The van der Waals surface area contributed by atoms with Gasteiger partial charge in [-0.05, 0) is 25.2 Å². The van der Waals surface area contributed by atoms with Gasteiger partial charge in [-0.2, -0.15) is 0 Å². The second-order valence-electron chi connectivity index (χ2n) is 5.68. The topological polar surface area (TPSA) is 20.5 Å². The molecule has 0 saturated heterocycles. The van der Waals surface area contributed by atoms with Crippen LogP contribution in [0.3, 0.4) is 0 Å². The lowest BCUT2D eigenvalue weighted by molar-refractivity contribution is 0.568. The average Bonchev–Trinajstić information content (AvgIpc) is 2.99. The fourth-order valence-corrected chi connectivity index (χ4v) is 3.67. The van der Waals surface area contributed by atoms with Gasteiger partial charge in [0.25, 0.3) is 0 Å². The molecule has 3 nitrogen and oxygen atoms in total. The monoisotopic (exact) mass is 341 g/mol. The minimum absolute atomic E-state index is 0.723. The van der Waals surface area contributed by atoms with E-state index in [0.717, 1.165) is 28.8 Å². The van der Waals surface area contributed by atoms with E-state index in [1.807, 2.05) is 0 Å². The first kappa shape index (κ1) is 13.4. The molecule has 1 fully saturated rings. The van der Waals surface area contributed by atoms with Gasteiger partial charge in [0.1, 0.15) is 0 Å². The first-order chi connectivity index (χ1) is 9.20. The number of anilines is 1. The van der Waals surface area contributed by atoms with Crippen LogP contribution >= 0.6 is 27.3 Å². The minimum atomic E-state index is 0.723. The van der Waals surface area contributed by atoms with Crippen LogP contribution in [0.15, 0.2) is 11.6 Å². The average molecular weight is 342 g/mol. The third-order valence-electron chi connectivity index (χ3n) is 3.67. The number of thiazole rings is 1. The van der Waals surface area contributed by atoms with E-state index in [0.29, 0.717) is 0 Å². The minimum Gasteiger partial charge on any atom is -0.352 e. The number of imidazole rings is 1. The molecule has 0 radical (unpaired) electrons. The zero-order valence-electron chi connectivity index (χ0n) is 11.5. The molecule has 0 aromatic carbocycles. The third-order valence-corrected chi connectivity index (χ3v) is 4.96. The lowest BCUT2D eigenvalue weighted by atomic mass is 10.1. The van der Waals surface area contributed by atoms with E-state index in [4.69, 9.17) is 4.98 Å². The summed E-state index contributed by atoms with van der Waals surface area (Å²) in [4.78, 5) is 8.51. The second kappa shape index (κ2) is 5.44. The molecule has 1 saturated carbocycles. The van der Waals surface area contributed by atoms with E-state index >= 15 is 0 Å². The normalized spacial score (nSPS) is 15.6. The Balaban J connectivity index is 1.92. The Morgan fingerprint density at radius 1 is 1.53 bits per heavy atom. The summed E-state index contributed by atoms with van der Waals surface area (Å²) in [6.07, 6.45) is 6.01. The Labute approximate surface area is 126 Å². The number of halogens is 1. The third kappa shape index (κ3) is 2.68. The summed E-state index contributed by atoms with van der Waals surface area (Å²) < 4.78 is 2.22. The smallest absolute Gasteiger partial charge is 0.195 e. The van der Waals surface area contributed by atoms with Crippen molar-refractivity contribution < 1.29 is 0 Å². The van der Waals surface area contributed by atoms with Gasteiger partial charge < -0.3 is 4.90 Å². The molecule has 0 spiro atoms. The molecule has 0 N–H and O–H groups in total. The van der Waals surface area contributed by atoms with Crippen molar-refractivity contribution in [2.45, 2.75) is 44.5 Å². The highest BCUT2D eigenvalue weighted by Gasteiger charge is 2.32. The molecule has 104 valence electrons. The van der Waals surface area contributed by atoms with Gasteiger partial charge in [0.2, 0.25) is 0 Å². The number of hydrogen-bond donors (Lipinski definition) is 0. The molecular weight excluding hydrogens is 322 g/mol. The quantitative estimate of drug-likeness (QED) is 0.730. The summed E-state index contributed by atoms with van der Waals surface area (Å²) in [5.41, 5.74) is 1.30. The molecule has 5 heteroatoms. The lowest BCUT2D eigenvalue weighted by Crippen LogP contribution is -2.29. The molecule has 1 aliphatic rings. The number of hydrogen-bond acceptors (Lipinski definition) is 3. The summed E-state index contributed by atoms with van der Waals surface area (Å²) >= 11 is 5.34. The summed E-state index contributed by atoms with van der Waals surface area (Å²) in [5, 5.41) is 2.97. The summed E-state index contributed by atoms with van der Waals surface area (Å²) in [7, 11) is 0. The van der Waals surface area contributed by atoms with Crippen molar-refractivity contribution in [3.8, 4) is 0 Å². The van der Waals surface area contributed by atoms with Gasteiger partial charge in [-0.15, -0.1) is 11.3 Å². The van der Waals surface area contributed by atoms with Crippen molar-refractivity contribution in [3.63, 3.8) is 0 Å². The maximum Gasteiger partial charge on any atom is 0.195 e. The van der Waals surface area contributed by atoms with Crippen molar-refractivity contribution in [3.05, 3.63) is 17.3 Å². The van der Waals surface area contributed by atoms with Crippen LogP contribution in [0, 0.1) is 5.92 Å². The SMILES string of the molecule is CC(C)CCN(c1nc2sccn2c1CBr)C1CC1. The fraction of sp³-hybridized carbons (Fsp3) is 0.643. The van der Waals surface area contributed by atoms with Crippen molar-refractivity contribution in [1.82, 2.24) is 9.38 Å². The van der Waals surface area contributed by atoms with Crippen LogP contribution in [-0.4, -0.2) is 22.0 Å². The van der Waals surface area contributed by atoms with Crippen LogP contribution in [0.1, 0.15) is 38.8 Å². The fourth-order valence-electron chi connectivity index (χ4n) is 2.42. The highest BCUT2D eigenvalue weighted by molar-refractivity contribution is 9.08. The Morgan fingerprint density at radius 2 is 2.32 bits per heavy atom. The number of nitrogens with zero attached hydrogens (tertiary/aromatic N) is 3. The van der Waals surface area contributed by atoms with Crippen LogP contribution < -0.4 is 4.90 Å². The zero-order valence-corrected chi connectivity index (χ0v) is 13.9. The first-order valence-electron chi connectivity index (χ1n) is 6.97. The molecular formula is C14H20BrN3S. The van der Waals surface area contributed by atoms with E-state index in [-0.39, 0.29) is 0 Å². The van der Waals surface area contributed by atoms with Gasteiger partial charge in [-0.1, -0.05) is 29.8 Å². The molecule has 0 unspecified atom stereocenters. The second-order valence-corrected chi connectivity index (χ2v) is 7.11. The van der Waals surface area contributed by atoms with Gasteiger partial charge >= 0.3 is 0 Å². The van der Waals surface area contributed by atoms with Gasteiger partial charge in [0.05, 0.1) is 5.69 Å². The van der Waals surface area contributed by atoms with Crippen LogP contribution in [-0.2, 0) is 5.33 Å². The van der Waals surface area contributed by atoms with Crippen molar-refractivity contribution >= 4 is 38.0 Å². The molecule has 0 aliphatic heterocycles. The first-order valence-corrected chi connectivity index (χ1v) is 8.98. The molecule has 19 heavy (non-hydrogen) atoms. The van der Waals surface area contributed by atoms with Crippen molar-refractivity contribution in [1.29, 1.82) is 0 Å². The van der Waals surface area contributed by atoms with E-state index in [9.17, 15) is 0 Å². The highest BCUT2D eigenvalue weighted by atomic mass is 79.9. The van der Waals surface area contributed by atoms with Crippen LogP contribution in [0.2, 0.25) is 0 Å². The molecule has 0 bridgehead atoms. The molecule has 2 aromatic heterocycles. The predicted molar refractivity (Wildman–Crippen MR) is 85.5 cm³/mol.